The predicted octanol–water partition coefficient (Wildman–Crippen LogP) is 4.33. The molecule has 0 unspecified atom stereocenters. The number of nitrogen functional groups attached to an aromatic ring is 1. The number of benzene rings is 1. The van der Waals surface area contributed by atoms with E-state index in [-0.39, 0.29) is 0 Å². The summed E-state index contributed by atoms with van der Waals surface area (Å²) in [5.41, 5.74) is 9.24. The second kappa shape index (κ2) is 5.57. The molecule has 3 nitrogen and oxygen atoms in total. The number of nitrogens with one attached hydrogen (secondary N) is 1. The maximum Gasteiger partial charge on any atom is 0.126 e. The van der Waals surface area contributed by atoms with Gasteiger partial charge in [0.25, 0.3) is 0 Å². The molecule has 0 amide bonds. The van der Waals surface area contributed by atoms with E-state index in [1.54, 1.807) is 6.20 Å². The van der Waals surface area contributed by atoms with Crippen LogP contribution in [0.1, 0.15) is 38.2 Å². The number of anilines is 1. The lowest BCUT2D eigenvalue weighted by Crippen LogP contribution is -1.97. The second-order valence-corrected chi connectivity index (χ2v) is 5.30. The summed E-state index contributed by atoms with van der Waals surface area (Å²) >= 11 is 3.67. The summed E-state index contributed by atoms with van der Waals surface area (Å²) in [6.45, 7) is 4.45. The Balaban J connectivity index is 2.39. The number of aromatic nitrogens is 2. The molecule has 1 heterocycles. The molecule has 0 aliphatic rings. The first-order valence-electron chi connectivity index (χ1n) is 6.26. The summed E-state index contributed by atoms with van der Waals surface area (Å²) in [4.78, 5) is 0. The first-order chi connectivity index (χ1) is 8.67. The molecule has 0 radical (unpaired) electrons. The Morgan fingerprint density at radius 1 is 1.33 bits per heavy atom. The number of hydrogen-bond donors (Lipinski definition) is 2. The molecule has 0 bridgehead atoms. The van der Waals surface area contributed by atoms with Crippen molar-refractivity contribution in [1.82, 2.24) is 10.2 Å². The second-order valence-electron chi connectivity index (χ2n) is 4.45. The predicted molar refractivity (Wildman–Crippen MR) is 79.5 cm³/mol. The van der Waals surface area contributed by atoms with Crippen molar-refractivity contribution in [3.8, 4) is 11.1 Å². The highest BCUT2D eigenvalue weighted by molar-refractivity contribution is 9.10. The molecule has 3 N–H and O–H groups in total. The zero-order valence-corrected chi connectivity index (χ0v) is 12.3. The minimum Gasteiger partial charge on any atom is -0.384 e. The number of aromatic amines is 1. The van der Waals surface area contributed by atoms with Gasteiger partial charge in [0.05, 0.1) is 6.20 Å². The molecule has 0 spiro atoms. The van der Waals surface area contributed by atoms with Crippen LogP contribution in [-0.2, 0) is 0 Å². The third-order valence-corrected chi connectivity index (χ3v) is 4.09. The van der Waals surface area contributed by atoms with Crippen LogP contribution < -0.4 is 5.73 Å². The molecule has 0 atom stereocenters. The van der Waals surface area contributed by atoms with Gasteiger partial charge in [0.2, 0.25) is 0 Å². The highest BCUT2D eigenvalue weighted by Crippen LogP contribution is 2.34. The normalized spacial score (nSPS) is 11.1. The van der Waals surface area contributed by atoms with Crippen molar-refractivity contribution in [2.24, 2.45) is 0 Å². The van der Waals surface area contributed by atoms with Gasteiger partial charge in [0.1, 0.15) is 5.82 Å². The lowest BCUT2D eigenvalue weighted by molar-refractivity contribution is 0.639. The van der Waals surface area contributed by atoms with Gasteiger partial charge in [-0.2, -0.15) is 5.10 Å². The largest absolute Gasteiger partial charge is 0.384 e. The van der Waals surface area contributed by atoms with Crippen LogP contribution in [0.5, 0.6) is 0 Å². The molecular weight excluding hydrogens is 290 g/mol. The van der Waals surface area contributed by atoms with Crippen LogP contribution in [0.4, 0.5) is 5.82 Å². The van der Waals surface area contributed by atoms with Crippen LogP contribution >= 0.6 is 15.9 Å². The lowest BCUT2D eigenvalue weighted by Gasteiger charge is -2.15. The fourth-order valence-corrected chi connectivity index (χ4v) is 2.98. The Kier molecular flexibility index (Phi) is 4.07. The molecule has 0 aliphatic carbocycles. The highest BCUT2D eigenvalue weighted by Gasteiger charge is 2.12. The zero-order valence-electron chi connectivity index (χ0n) is 10.7. The fraction of sp³-hybridized carbons (Fsp3) is 0.357. The average Bonchev–Trinajstić information content (AvgIpc) is 2.79. The lowest BCUT2D eigenvalue weighted by atomic mass is 9.92. The van der Waals surface area contributed by atoms with Crippen LogP contribution in [0.15, 0.2) is 28.9 Å². The molecule has 0 fully saturated rings. The van der Waals surface area contributed by atoms with E-state index in [4.69, 9.17) is 5.73 Å². The van der Waals surface area contributed by atoms with Crippen molar-refractivity contribution in [3.63, 3.8) is 0 Å². The van der Waals surface area contributed by atoms with Gasteiger partial charge in [-0.3, -0.25) is 5.10 Å². The van der Waals surface area contributed by atoms with Crippen molar-refractivity contribution in [1.29, 1.82) is 0 Å². The topological polar surface area (TPSA) is 54.7 Å². The molecule has 0 saturated heterocycles. The summed E-state index contributed by atoms with van der Waals surface area (Å²) in [6.07, 6.45) is 4.07. The molecule has 0 aliphatic heterocycles. The van der Waals surface area contributed by atoms with Crippen molar-refractivity contribution in [2.75, 3.05) is 5.73 Å². The summed E-state index contributed by atoms with van der Waals surface area (Å²) in [5, 5.41) is 6.71. The molecule has 0 saturated carbocycles. The first kappa shape index (κ1) is 13.1. The number of halogens is 1. The number of rotatable bonds is 4. The standard InChI is InChI=1S/C14H18BrN3/c1-3-9(4-2)11-6-5-10(7-13(11)15)12-8-17-18-14(12)16/h5-9H,3-4H2,1-2H3,(H3,16,17,18). The van der Waals surface area contributed by atoms with E-state index >= 15 is 0 Å². The molecule has 4 heteroatoms. The smallest absolute Gasteiger partial charge is 0.126 e. The van der Waals surface area contributed by atoms with Gasteiger partial charge < -0.3 is 5.73 Å². The van der Waals surface area contributed by atoms with Crippen LogP contribution in [0.3, 0.4) is 0 Å². The number of H-pyrrole nitrogens is 1. The van der Waals surface area contributed by atoms with E-state index in [1.165, 1.54) is 5.56 Å². The Morgan fingerprint density at radius 3 is 2.56 bits per heavy atom. The Morgan fingerprint density at radius 2 is 2.06 bits per heavy atom. The van der Waals surface area contributed by atoms with Gasteiger partial charge in [-0.25, -0.2) is 0 Å². The maximum atomic E-state index is 5.84. The number of nitrogens with two attached hydrogens (primary N) is 1. The third-order valence-electron chi connectivity index (χ3n) is 3.41. The average molecular weight is 308 g/mol. The van der Waals surface area contributed by atoms with Gasteiger partial charge in [0.15, 0.2) is 0 Å². The van der Waals surface area contributed by atoms with E-state index < -0.39 is 0 Å². The summed E-state index contributed by atoms with van der Waals surface area (Å²) in [7, 11) is 0. The molecule has 1 aromatic carbocycles. The van der Waals surface area contributed by atoms with E-state index in [0.717, 1.165) is 28.4 Å². The monoisotopic (exact) mass is 307 g/mol. The summed E-state index contributed by atoms with van der Waals surface area (Å²) in [6, 6.07) is 6.41. The molecular formula is C14H18BrN3. The molecule has 1 aromatic heterocycles. The van der Waals surface area contributed by atoms with Crippen LogP contribution in [-0.4, -0.2) is 10.2 Å². The van der Waals surface area contributed by atoms with E-state index in [9.17, 15) is 0 Å². The minimum atomic E-state index is 0.607. The maximum absolute atomic E-state index is 5.84. The summed E-state index contributed by atoms with van der Waals surface area (Å²) in [5.74, 6) is 1.22. The minimum absolute atomic E-state index is 0.607. The van der Waals surface area contributed by atoms with Crippen LogP contribution in [0.2, 0.25) is 0 Å². The summed E-state index contributed by atoms with van der Waals surface area (Å²) < 4.78 is 1.15. The quantitative estimate of drug-likeness (QED) is 0.883. The number of nitrogens with zero attached hydrogens (tertiary/aromatic N) is 1. The number of hydrogen-bond acceptors (Lipinski definition) is 2. The van der Waals surface area contributed by atoms with Gasteiger partial charge in [0, 0.05) is 10.0 Å². The van der Waals surface area contributed by atoms with Crippen molar-refractivity contribution in [3.05, 3.63) is 34.4 Å². The zero-order chi connectivity index (χ0) is 13.1. The molecule has 2 rings (SSSR count). The molecule has 18 heavy (non-hydrogen) atoms. The van der Waals surface area contributed by atoms with Crippen molar-refractivity contribution in [2.45, 2.75) is 32.6 Å². The SMILES string of the molecule is CCC(CC)c1ccc(-c2cn[nH]c2N)cc1Br. The van der Waals surface area contributed by atoms with Crippen LogP contribution in [0.25, 0.3) is 11.1 Å². The molecule has 96 valence electrons. The highest BCUT2D eigenvalue weighted by atomic mass is 79.9. The van der Waals surface area contributed by atoms with E-state index in [0.29, 0.717) is 11.7 Å². The third kappa shape index (κ3) is 2.43. The van der Waals surface area contributed by atoms with Crippen molar-refractivity contribution >= 4 is 21.7 Å². The Hall–Kier alpha value is -1.29. The van der Waals surface area contributed by atoms with Crippen LogP contribution in [0, 0.1) is 0 Å². The fourth-order valence-electron chi connectivity index (χ4n) is 2.28. The molecule has 2 aromatic rings. The van der Waals surface area contributed by atoms with Gasteiger partial charge in [-0.1, -0.05) is 41.9 Å². The van der Waals surface area contributed by atoms with E-state index in [2.05, 4.69) is 58.2 Å². The van der Waals surface area contributed by atoms with Gasteiger partial charge in [-0.05, 0) is 36.0 Å². The van der Waals surface area contributed by atoms with E-state index in [1.807, 2.05) is 0 Å². The Bertz CT molecular complexity index is 530. The van der Waals surface area contributed by atoms with Gasteiger partial charge in [-0.15, -0.1) is 0 Å². The first-order valence-corrected chi connectivity index (χ1v) is 7.05. The van der Waals surface area contributed by atoms with Crippen molar-refractivity contribution < 1.29 is 0 Å². The Labute approximate surface area is 116 Å². The van der Waals surface area contributed by atoms with Gasteiger partial charge >= 0.3 is 0 Å².